The normalized spacial score (nSPS) is 15.8. The van der Waals surface area contributed by atoms with Gasteiger partial charge in [-0.3, -0.25) is 4.90 Å². The first-order valence-corrected chi connectivity index (χ1v) is 10.3. The number of ether oxygens (including phenoxy) is 1. The van der Waals surface area contributed by atoms with Gasteiger partial charge < -0.3 is 9.30 Å². The molecule has 26 heavy (non-hydrogen) atoms. The van der Waals surface area contributed by atoms with E-state index in [2.05, 4.69) is 28.9 Å². The average Bonchev–Trinajstić information content (AvgIpc) is 3.09. The third kappa shape index (κ3) is 3.36. The van der Waals surface area contributed by atoms with Crippen molar-refractivity contribution in [3.63, 3.8) is 0 Å². The second kappa shape index (κ2) is 7.22. The lowest BCUT2D eigenvalue weighted by Gasteiger charge is -2.25. The van der Waals surface area contributed by atoms with Crippen LogP contribution in [0.1, 0.15) is 22.1 Å². The van der Waals surface area contributed by atoms with E-state index in [1.807, 2.05) is 18.5 Å². The fraction of sp³-hybridized carbons (Fsp3) is 0.529. The van der Waals surface area contributed by atoms with Crippen LogP contribution in [0.4, 0.5) is 0 Å². The SMILES string of the molecule is Cc1sc2nc(CN3CCOCC3)nc(Sc3nnc(C)n3C)c2c1C. The van der Waals surface area contributed by atoms with Crippen molar-refractivity contribution in [3.05, 3.63) is 22.1 Å². The molecule has 0 saturated carbocycles. The number of aromatic nitrogens is 5. The van der Waals surface area contributed by atoms with E-state index in [1.165, 1.54) is 10.4 Å². The van der Waals surface area contributed by atoms with Gasteiger partial charge in [0, 0.05) is 30.4 Å². The maximum Gasteiger partial charge on any atom is 0.197 e. The van der Waals surface area contributed by atoms with Crippen molar-refractivity contribution < 1.29 is 4.74 Å². The molecule has 9 heteroatoms. The molecular formula is C17H22N6OS2. The van der Waals surface area contributed by atoms with Gasteiger partial charge >= 0.3 is 0 Å². The first kappa shape index (κ1) is 17.8. The summed E-state index contributed by atoms with van der Waals surface area (Å²) < 4.78 is 7.44. The van der Waals surface area contributed by atoms with E-state index >= 15 is 0 Å². The monoisotopic (exact) mass is 390 g/mol. The maximum atomic E-state index is 5.44. The van der Waals surface area contributed by atoms with Gasteiger partial charge in [-0.05, 0) is 38.1 Å². The van der Waals surface area contributed by atoms with Gasteiger partial charge in [-0.15, -0.1) is 21.5 Å². The molecule has 1 aliphatic heterocycles. The highest BCUT2D eigenvalue weighted by Crippen LogP contribution is 2.37. The topological polar surface area (TPSA) is 69.0 Å². The Bertz CT molecular complexity index is 945. The lowest BCUT2D eigenvalue weighted by Crippen LogP contribution is -2.36. The molecule has 4 heterocycles. The van der Waals surface area contributed by atoms with Gasteiger partial charge in [0.1, 0.15) is 21.5 Å². The lowest BCUT2D eigenvalue weighted by atomic mass is 10.2. The van der Waals surface area contributed by atoms with Crippen LogP contribution in [0.25, 0.3) is 10.2 Å². The Balaban J connectivity index is 1.74. The molecule has 7 nitrogen and oxygen atoms in total. The van der Waals surface area contributed by atoms with Crippen molar-refractivity contribution in [3.8, 4) is 0 Å². The van der Waals surface area contributed by atoms with Crippen LogP contribution in [-0.4, -0.2) is 55.9 Å². The number of thiophene rings is 1. The average molecular weight is 391 g/mol. The van der Waals surface area contributed by atoms with E-state index in [0.29, 0.717) is 0 Å². The predicted octanol–water partition coefficient (Wildman–Crippen LogP) is 2.73. The molecule has 0 radical (unpaired) electrons. The molecule has 0 amide bonds. The van der Waals surface area contributed by atoms with Crippen LogP contribution >= 0.6 is 23.1 Å². The highest BCUT2D eigenvalue weighted by Gasteiger charge is 2.19. The summed E-state index contributed by atoms with van der Waals surface area (Å²) in [4.78, 5) is 14.4. The Morgan fingerprint density at radius 2 is 1.88 bits per heavy atom. The Morgan fingerprint density at radius 1 is 1.12 bits per heavy atom. The van der Waals surface area contributed by atoms with E-state index in [-0.39, 0.29) is 0 Å². The molecule has 0 spiro atoms. The summed E-state index contributed by atoms with van der Waals surface area (Å²) >= 11 is 3.31. The highest BCUT2D eigenvalue weighted by atomic mass is 32.2. The van der Waals surface area contributed by atoms with E-state index < -0.39 is 0 Å². The quantitative estimate of drug-likeness (QED) is 0.635. The molecule has 4 rings (SSSR count). The molecular weight excluding hydrogens is 368 g/mol. The number of aryl methyl sites for hydroxylation is 3. The minimum atomic E-state index is 0.751. The van der Waals surface area contributed by atoms with Crippen LogP contribution in [0.2, 0.25) is 0 Å². The molecule has 1 fully saturated rings. The molecule has 0 aliphatic carbocycles. The van der Waals surface area contributed by atoms with Crippen LogP contribution in [0.15, 0.2) is 10.2 Å². The van der Waals surface area contributed by atoms with Gasteiger partial charge in [0.15, 0.2) is 5.16 Å². The van der Waals surface area contributed by atoms with E-state index in [9.17, 15) is 0 Å². The second-order valence-electron chi connectivity index (χ2n) is 6.49. The summed E-state index contributed by atoms with van der Waals surface area (Å²) in [5, 5.41) is 11.4. The van der Waals surface area contributed by atoms with Crippen LogP contribution in [0, 0.1) is 20.8 Å². The van der Waals surface area contributed by atoms with Gasteiger partial charge in [0.2, 0.25) is 0 Å². The molecule has 138 valence electrons. The van der Waals surface area contributed by atoms with Gasteiger partial charge in [-0.1, -0.05) is 0 Å². The third-order valence-corrected chi connectivity index (χ3v) is 6.88. The van der Waals surface area contributed by atoms with Gasteiger partial charge in [-0.2, -0.15) is 0 Å². The van der Waals surface area contributed by atoms with E-state index in [0.717, 1.165) is 64.9 Å². The Kier molecular flexibility index (Phi) is 4.96. The van der Waals surface area contributed by atoms with Gasteiger partial charge in [0.25, 0.3) is 0 Å². The molecule has 0 bridgehead atoms. The first-order chi connectivity index (χ1) is 12.5. The molecule has 0 N–H and O–H groups in total. The Morgan fingerprint density at radius 3 is 2.58 bits per heavy atom. The van der Waals surface area contributed by atoms with Crippen LogP contribution in [0.3, 0.4) is 0 Å². The molecule has 0 unspecified atom stereocenters. The molecule has 1 aliphatic rings. The largest absolute Gasteiger partial charge is 0.379 e. The van der Waals surface area contributed by atoms with E-state index in [1.54, 1.807) is 23.1 Å². The summed E-state index contributed by atoms with van der Waals surface area (Å²) in [6.07, 6.45) is 0. The van der Waals surface area contributed by atoms with Crippen molar-refractivity contribution in [2.75, 3.05) is 26.3 Å². The molecule has 3 aromatic heterocycles. The number of hydrogen-bond donors (Lipinski definition) is 0. The van der Waals surface area contributed by atoms with Crippen molar-refractivity contribution in [2.45, 2.75) is 37.5 Å². The maximum absolute atomic E-state index is 5.44. The zero-order chi connectivity index (χ0) is 18.3. The lowest BCUT2D eigenvalue weighted by molar-refractivity contribution is 0.0330. The summed E-state index contributed by atoms with van der Waals surface area (Å²) in [5.41, 5.74) is 1.25. The Hall–Kier alpha value is -1.55. The fourth-order valence-electron chi connectivity index (χ4n) is 2.92. The van der Waals surface area contributed by atoms with Crippen LogP contribution in [-0.2, 0) is 18.3 Å². The fourth-order valence-corrected chi connectivity index (χ4v) is 5.06. The zero-order valence-corrected chi connectivity index (χ0v) is 17.1. The molecule has 1 saturated heterocycles. The second-order valence-corrected chi connectivity index (χ2v) is 8.65. The molecule has 0 atom stereocenters. The Labute approximate surface area is 160 Å². The standard InChI is InChI=1S/C17H22N6OS2/c1-10-11(2)25-15-14(10)16(26-17-21-20-12(3)22(17)4)19-13(18-15)9-23-5-7-24-8-6-23/h5-9H2,1-4H3. The number of fused-ring (bicyclic) bond motifs is 1. The first-order valence-electron chi connectivity index (χ1n) is 8.63. The smallest absolute Gasteiger partial charge is 0.197 e. The summed E-state index contributed by atoms with van der Waals surface area (Å²) in [5.74, 6) is 1.76. The summed E-state index contributed by atoms with van der Waals surface area (Å²) in [7, 11) is 1.98. The van der Waals surface area contributed by atoms with E-state index in [4.69, 9.17) is 14.7 Å². The predicted molar refractivity (Wildman–Crippen MR) is 103 cm³/mol. The third-order valence-electron chi connectivity index (χ3n) is 4.75. The zero-order valence-electron chi connectivity index (χ0n) is 15.4. The van der Waals surface area contributed by atoms with Crippen molar-refractivity contribution in [1.82, 2.24) is 29.6 Å². The number of hydrogen-bond acceptors (Lipinski definition) is 8. The van der Waals surface area contributed by atoms with Crippen LogP contribution < -0.4 is 0 Å². The van der Waals surface area contributed by atoms with Crippen molar-refractivity contribution in [2.24, 2.45) is 7.05 Å². The summed E-state index contributed by atoms with van der Waals surface area (Å²) in [6.45, 7) is 10.4. The minimum absolute atomic E-state index is 0.751. The minimum Gasteiger partial charge on any atom is -0.379 e. The molecule has 3 aromatic rings. The summed E-state index contributed by atoms with van der Waals surface area (Å²) in [6, 6.07) is 0. The van der Waals surface area contributed by atoms with Gasteiger partial charge in [-0.25, -0.2) is 9.97 Å². The number of rotatable bonds is 4. The van der Waals surface area contributed by atoms with Crippen LogP contribution in [0.5, 0.6) is 0 Å². The van der Waals surface area contributed by atoms with Crippen molar-refractivity contribution in [1.29, 1.82) is 0 Å². The van der Waals surface area contributed by atoms with Gasteiger partial charge in [0.05, 0.1) is 19.8 Å². The molecule has 0 aromatic carbocycles. The van der Waals surface area contributed by atoms with Crippen molar-refractivity contribution >= 4 is 33.3 Å². The number of nitrogens with zero attached hydrogens (tertiary/aromatic N) is 6. The number of morpholine rings is 1. The highest BCUT2D eigenvalue weighted by molar-refractivity contribution is 7.99.